The number of aromatic nitrogens is 2. The van der Waals surface area contributed by atoms with E-state index in [2.05, 4.69) is 15.5 Å². The van der Waals surface area contributed by atoms with E-state index in [1.165, 1.54) is 0 Å². The molecule has 1 amide bonds. The molecule has 7 nitrogen and oxygen atoms in total. The third-order valence-electron chi connectivity index (χ3n) is 3.77. The third kappa shape index (κ3) is 4.18. The second kappa shape index (κ2) is 8.15. The van der Waals surface area contributed by atoms with Crippen LogP contribution in [0.4, 0.5) is 0 Å². The van der Waals surface area contributed by atoms with Crippen molar-refractivity contribution < 1.29 is 18.8 Å². The first kappa shape index (κ1) is 17.5. The summed E-state index contributed by atoms with van der Waals surface area (Å²) >= 11 is 0. The van der Waals surface area contributed by atoms with Gasteiger partial charge < -0.3 is 19.3 Å². The lowest BCUT2D eigenvalue weighted by Gasteiger charge is -2.05. The van der Waals surface area contributed by atoms with Crippen LogP contribution in [0, 0.1) is 0 Å². The fraction of sp³-hybridized carbons (Fsp3) is 0.211. The Morgan fingerprint density at radius 1 is 1.08 bits per heavy atom. The SMILES string of the molecule is COc1ccc(-c2noc(CCNC(=O)c3cccc(OC)c3)n2)cc1. The largest absolute Gasteiger partial charge is 0.497 e. The molecule has 0 unspecified atom stereocenters. The van der Waals surface area contributed by atoms with E-state index in [-0.39, 0.29) is 5.91 Å². The highest BCUT2D eigenvalue weighted by molar-refractivity contribution is 5.94. The fourth-order valence-corrected chi connectivity index (χ4v) is 2.36. The van der Waals surface area contributed by atoms with Crippen molar-refractivity contribution in [2.45, 2.75) is 6.42 Å². The van der Waals surface area contributed by atoms with Crippen molar-refractivity contribution in [2.24, 2.45) is 0 Å². The monoisotopic (exact) mass is 353 g/mol. The molecule has 1 aromatic heterocycles. The highest BCUT2D eigenvalue weighted by Crippen LogP contribution is 2.19. The molecule has 0 spiro atoms. The van der Waals surface area contributed by atoms with Crippen LogP contribution in [0.5, 0.6) is 11.5 Å². The van der Waals surface area contributed by atoms with Crippen LogP contribution in [0.1, 0.15) is 16.2 Å². The van der Waals surface area contributed by atoms with E-state index >= 15 is 0 Å². The number of methoxy groups -OCH3 is 2. The van der Waals surface area contributed by atoms with Gasteiger partial charge in [0.1, 0.15) is 11.5 Å². The van der Waals surface area contributed by atoms with Gasteiger partial charge in [-0.3, -0.25) is 4.79 Å². The molecule has 0 fully saturated rings. The Balaban J connectivity index is 1.55. The number of carbonyl (C=O) groups is 1. The number of nitrogens with one attached hydrogen (secondary N) is 1. The first-order valence-corrected chi connectivity index (χ1v) is 8.09. The molecule has 134 valence electrons. The number of carbonyl (C=O) groups excluding carboxylic acids is 1. The molecule has 1 N–H and O–H groups in total. The predicted octanol–water partition coefficient (Wildman–Crippen LogP) is 2.73. The fourth-order valence-electron chi connectivity index (χ4n) is 2.36. The van der Waals surface area contributed by atoms with Crippen LogP contribution in [0.25, 0.3) is 11.4 Å². The summed E-state index contributed by atoms with van der Waals surface area (Å²) in [5.74, 6) is 2.18. The zero-order valence-corrected chi connectivity index (χ0v) is 14.6. The van der Waals surface area contributed by atoms with E-state index in [9.17, 15) is 4.79 Å². The van der Waals surface area contributed by atoms with E-state index in [4.69, 9.17) is 14.0 Å². The van der Waals surface area contributed by atoms with E-state index in [1.54, 1.807) is 38.5 Å². The number of amides is 1. The van der Waals surface area contributed by atoms with Crippen molar-refractivity contribution in [3.8, 4) is 22.9 Å². The van der Waals surface area contributed by atoms with Gasteiger partial charge in [0.15, 0.2) is 0 Å². The minimum Gasteiger partial charge on any atom is -0.497 e. The summed E-state index contributed by atoms with van der Waals surface area (Å²) < 4.78 is 15.5. The van der Waals surface area contributed by atoms with Gasteiger partial charge in [0, 0.05) is 24.1 Å². The molecule has 1 heterocycles. The summed E-state index contributed by atoms with van der Waals surface area (Å²) in [6.45, 7) is 0.389. The molecule has 0 saturated heterocycles. The molecule has 0 bridgehead atoms. The first-order chi connectivity index (χ1) is 12.7. The topological polar surface area (TPSA) is 86.5 Å². The van der Waals surface area contributed by atoms with Crippen molar-refractivity contribution >= 4 is 5.91 Å². The Kier molecular flexibility index (Phi) is 5.48. The summed E-state index contributed by atoms with van der Waals surface area (Å²) in [4.78, 5) is 16.5. The summed E-state index contributed by atoms with van der Waals surface area (Å²) in [7, 11) is 3.17. The van der Waals surface area contributed by atoms with Crippen LogP contribution in [0.15, 0.2) is 53.1 Å². The molecule has 0 aliphatic heterocycles. The van der Waals surface area contributed by atoms with Gasteiger partial charge in [-0.1, -0.05) is 11.2 Å². The van der Waals surface area contributed by atoms with Gasteiger partial charge in [-0.25, -0.2) is 0 Å². The molecule has 0 radical (unpaired) electrons. The van der Waals surface area contributed by atoms with Gasteiger partial charge in [0.05, 0.1) is 14.2 Å². The number of benzene rings is 2. The lowest BCUT2D eigenvalue weighted by atomic mass is 10.2. The second-order valence-electron chi connectivity index (χ2n) is 5.48. The Morgan fingerprint density at radius 2 is 1.85 bits per heavy atom. The number of hydrogen-bond donors (Lipinski definition) is 1. The summed E-state index contributed by atoms with van der Waals surface area (Å²) in [6.07, 6.45) is 0.443. The van der Waals surface area contributed by atoms with Crippen molar-refractivity contribution in [2.75, 3.05) is 20.8 Å². The molecule has 0 saturated carbocycles. The van der Waals surface area contributed by atoms with Crippen LogP contribution in [-0.2, 0) is 6.42 Å². The molecule has 26 heavy (non-hydrogen) atoms. The average molecular weight is 353 g/mol. The minimum atomic E-state index is -0.182. The normalized spacial score (nSPS) is 10.4. The highest BCUT2D eigenvalue weighted by atomic mass is 16.5. The molecule has 7 heteroatoms. The van der Waals surface area contributed by atoms with E-state index in [1.807, 2.05) is 24.3 Å². The molecule has 3 rings (SSSR count). The Hall–Kier alpha value is -3.35. The molecular weight excluding hydrogens is 334 g/mol. The molecular formula is C19H19N3O4. The lowest BCUT2D eigenvalue weighted by Crippen LogP contribution is -2.25. The van der Waals surface area contributed by atoms with Crippen LogP contribution < -0.4 is 14.8 Å². The maximum atomic E-state index is 12.1. The summed E-state index contributed by atoms with van der Waals surface area (Å²) in [5, 5.41) is 6.79. The smallest absolute Gasteiger partial charge is 0.251 e. The maximum Gasteiger partial charge on any atom is 0.251 e. The Bertz CT molecular complexity index is 875. The predicted molar refractivity (Wildman–Crippen MR) is 95.3 cm³/mol. The quantitative estimate of drug-likeness (QED) is 0.703. The van der Waals surface area contributed by atoms with Gasteiger partial charge in [-0.15, -0.1) is 0 Å². The number of hydrogen-bond acceptors (Lipinski definition) is 6. The second-order valence-corrected chi connectivity index (χ2v) is 5.48. The Labute approximate surface area is 150 Å². The molecule has 3 aromatic rings. The standard InChI is InChI=1S/C19H19N3O4/c1-24-15-8-6-13(7-9-15)18-21-17(26-22-18)10-11-20-19(23)14-4-3-5-16(12-14)25-2/h3-9,12H,10-11H2,1-2H3,(H,20,23). The summed E-state index contributed by atoms with van der Waals surface area (Å²) in [6, 6.07) is 14.4. The van der Waals surface area contributed by atoms with Crippen LogP contribution >= 0.6 is 0 Å². The molecule has 2 aromatic carbocycles. The lowest BCUT2D eigenvalue weighted by molar-refractivity contribution is 0.0953. The summed E-state index contributed by atoms with van der Waals surface area (Å²) in [5.41, 5.74) is 1.37. The van der Waals surface area contributed by atoms with Crippen LogP contribution in [0.3, 0.4) is 0 Å². The minimum absolute atomic E-state index is 0.182. The zero-order chi connectivity index (χ0) is 18.4. The van der Waals surface area contributed by atoms with Gasteiger partial charge in [-0.05, 0) is 42.5 Å². The third-order valence-corrected chi connectivity index (χ3v) is 3.77. The van der Waals surface area contributed by atoms with Gasteiger partial charge in [0.2, 0.25) is 11.7 Å². The number of rotatable bonds is 7. The number of nitrogens with zero attached hydrogens (tertiary/aromatic N) is 2. The number of ether oxygens (including phenoxy) is 2. The van der Waals surface area contributed by atoms with Gasteiger partial charge in [-0.2, -0.15) is 4.98 Å². The van der Waals surface area contributed by atoms with Crippen LogP contribution in [0.2, 0.25) is 0 Å². The van der Waals surface area contributed by atoms with Gasteiger partial charge >= 0.3 is 0 Å². The van der Waals surface area contributed by atoms with E-state index < -0.39 is 0 Å². The van der Waals surface area contributed by atoms with Crippen molar-refractivity contribution in [1.82, 2.24) is 15.5 Å². The molecule has 0 aliphatic rings. The Morgan fingerprint density at radius 3 is 2.58 bits per heavy atom. The zero-order valence-electron chi connectivity index (χ0n) is 14.6. The first-order valence-electron chi connectivity index (χ1n) is 8.09. The van der Waals surface area contributed by atoms with Gasteiger partial charge in [0.25, 0.3) is 5.91 Å². The van der Waals surface area contributed by atoms with Crippen molar-refractivity contribution in [1.29, 1.82) is 0 Å². The van der Waals surface area contributed by atoms with E-state index in [0.717, 1.165) is 11.3 Å². The van der Waals surface area contributed by atoms with Crippen molar-refractivity contribution in [3.05, 3.63) is 60.0 Å². The van der Waals surface area contributed by atoms with Crippen LogP contribution in [-0.4, -0.2) is 36.8 Å². The van der Waals surface area contributed by atoms with Crippen molar-refractivity contribution in [3.63, 3.8) is 0 Å². The highest BCUT2D eigenvalue weighted by Gasteiger charge is 2.10. The maximum absolute atomic E-state index is 12.1. The molecule has 0 aliphatic carbocycles. The average Bonchev–Trinajstić information content (AvgIpc) is 3.17. The molecule has 0 atom stereocenters. The van der Waals surface area contributed by atoms with E-state index in [0.29, 0.717) is 36.0 Å².